The van der Waals surface area contributed by atoms with E-state index in [0.29, 0.717) is 13.2 Å². The molecule has 7 nitrogen and oxygen atoms in total. The molecule has 0 aliphatic carbocycles. The second-order valence-electron chi connectivity index (χ2n) is 5.75. The zero-order valence-electron chi connectivity index (χ0n) is 12.1. The van der Waals surface area contributed by atoms with Crippen molar-refractivity contribution in [3.05, 3.63) is 0 Å². The fraction of sp³-hybridized carbons (Fsp3) is 0.846. The minimum absolute atomic E-state index is 0.0169. The number of carboxylic acid groups (broad SMARTS) is 1. The summed E-state index contributed by atoms with van der Waals surface area (Å²) in [7, 11) is 0. The number of hydrogen-bond donors (Lipinski definition) is 1. The normalized spacial score (nSPS) is 20.4. The molecule has 1 saturated heterocycles. The summed E-state index contributed by atoms with van der Waals surface area (Å²) in [5, 5.41) is 8.44. The van der Waals surface area contributed by atoms with Crippen LogP contribution in [-0.4, -0.2) is 42.7 Å². The number of ether oxygens (including phenoxy) is 2. The first-order chi connectivity index (χ1) is 9.22. The van der Waals surface area contributed by atoms with Crippen molar-refractivity contribution in [2.45, 2.75) is 45.8 Å². The first-order valence-electron chi connectivity index (χ1n) is 6.54. The van der Waals surface area contributed by atoms with E-state index in [1.807, 2.05) is 20.8 Å². The Morgan fingerprint density at radius 1 is 1.15 bits per heavy atom. The third-order valence-corrected chi connectivity index (χ3v) is 2.87. The predicted molar refractivity (Wildman–Crippen MR) is 67.6 cm³/mol. The Morgan fingerprint density at radius 2 is 1.75 bits per heavy atom. The Bertz CT molecular complexity index is 341. The molecule has 0 amide bonds. The smallest absolute Gasteiger partial charge is 0.342 e. The maximum atomic E-state index is 11.3. The molecule has 20 heavy (non-hydrogen) atoms. The molecular weight excluding hydrogens is 268 g/mol. The molecule has 0 atom stereocenters. The molecule has 0 aromatic carbocycles. The van der Waals surface area contributed by atoms with Gasteiger partial charge in [-0.15, -0.1) is 0 Å². The van der Waals surface area contributed by atoms with Gasteiger partial charge in [-0.3, -0.25) is 9.68 Å². The lowest BCUT2D eigenvalue weighted by Crippen LogP contribution is -2.47. The van der Waals surface area contributed by atoms with Gasteiger partial charge < -0.3 is 14.6 Å². The Kier molecular flexibility index (Phi) is 5.91. The fourth-order valence-electron chi connectivity index (χ4n) is 1.53. The molecular formula is C13H22O7. The highest BCUT2D eigenvalue weighted by Crippen LogP contribution is 2.29. The Labute approximate surface area is 118 Å². The summed E-state index contributed by atoms with van der Waals surface area (Å²) < 4.78 is 11.0. The average Bonchev–Trinajstić information content (AvgIpc) is 2.33. The molecule has 0 spiro atoms. The number of rotatable bonds is 7. The quantitative estimate of drug-likeness (QED) is 0.561. The van der Waals surface area contributed by atoms with Gasteiger partial charge in [0.1, 0.15) is 6.61 Å². The number of hydrogen-bond acceptors (Lipinski definition) is 6. The summed E-state index contributed by atoms with van der Waals surface area (Å²) in [6.45, 7) is 6.60. The molecule has 0 unspecified atom stereocenters. The second-order valence-corrected chi connectivity index (χ2v) is 5.75. The van der Waals surface area contributed by atoms with E-state index < -0.39 is 17.7 Å². The van der Waals surface area contributed by atoms with E-state index in [-0.39, 0.29) is 31.3 Å². The second kappa shape index (κ2) is 7.01. The van der Waals surface area contributed by atoms with Gasteiger partial charge >= 0.3 is 11.9 Å². The number of aliphatic carboxylic acids is 1. The lowest BCUT2D eigenvalue weighted by atomic mass is 9.93. The van der Waals surface area contributed by atoms with Crippen molar-refractivity contribution in [1.82, 2.24) is 0 Å². The van der Waals surface area contributed by atoms with Crippen LogP contribution in [0.5, 0.6) is 0 Å². The SMILES string of the molecule is CC1(COOC(=O)CCCC(=O)O)COC(C)(C)OC1. The van der Waals surface area contributed by atoms with Crippen LogP contribution in [-0.2, 0) is 28.8 Å². The number of carbonyl (C=O) groups is 2. The highest BCUT2D eigenvalue weighted by molar-refractivity contribution is 5.71. The standard InChI is InChI=1S/C13H22O7/c1-12(2)17-7-13(3,8-18-12)9-19-20-11(16)6-4-5-10(14)15/h4-9H2,1-3H3,(H,14,15). The summed E-state index contributed by atoms with van der Waals surface area (Å²) in [6, 6.07) is 0. The topological polar surface area (TPSA) is 91.3 Å². The molecule has 0 bridgehead atoms. The van der Waals surface area contributed by atoms with E-state index in [1.165, 1.54) is 0 Å². The van der Waals surface area contributed by atoms with Crippen molar-refractivity contribution >= 4 is 11.9 Å². The molecule has 1 N–H and O–H groups in total. The summed E-state index contributed by atoms with van der Waals surface area (Å²) in [5.74, 6) is -2.12. The predicted octanol–water partition coefficient (Wildman–Crippen LogP) is 1.51. The van der Waals surface area contributed by atoms with Crippen LogP contribution in [0.1, 0.15) is 40.0 Å². The van der Waals surface area contributed by atoms with Gasteiger partial charge in [0.05, 0.1) is 13.2 Å². The Balaban J connectivity index is 2.17. The lowest BCUT2D eigenvalue weighted by Gasteiger charge is -2.40. The Hall–Kier alpha value is -1.18. The van der Waals surface area contributed by atoms with Gasteiger partial charge in [-0.25, -0.2) is 4.79 Å². The molecule has 0 aromatic rings. The average molecular weight is 290 g/mol. The molecule has 1 rings (SSSR count). The van der Waals surface area contributed by atoms with Crippen molar-refractivity contribution in [3.8, 4) is 0 Å². The molecule has 0 aromatic heterocycles. The zero-order valence-corrected chi connectivity index (χ0v) is 12.1. The Morgan fingerprint density at radius 3 is 2.30 bits per heavy atom. The summed E-state index contributed by atoms with van der Waals surface area (Å²) in [5.41, 5.74) is -0.378. The van der Waals surface area contributed by atoms with Crippen molar-refractivity contribution in [3.63, 3.8) is 0 Å². The molecule has 1 aliphatic heterocycles. The van der Waals surface area contributed by atoms with Crippen molar-refractivity contribution in [2.24, 2.45) is 5.41 Å². The minimum Gasteiger partial charge on any atom is -0.481 e. The largest absolute Gasteiger partial charge is 0.481 e. The van der Waals surface area contributed by atoms with Gasteiger partial charge in [0.25, 0.3) is 0 Å². The van der Waals surface area contributed by atoms with Gasteiger partial charge in [-0.2, -0.15) is 4.89 Å². The summed E-state index contributed by atoms with van der Waals surface area (Å²) >= 11 is 0. The molecule has 7 heteroatoms. The number of carboxylic acids is 1. The van der Waals surface area contributed by atoms with Gasteiger partial charge in [0, 0.05) is 18.3 Å². The van der Waals surface area contributed by atoms with Crippen LogP contribution < -0.4 is 0 Å². The van der Waals surface area contributed by atoms with Crippen molar-refractivity contribution < 1.29 is 33.9 Å². The molecule has 1 heterocycles. The van der Waals surface area contributed by atoms with E-state index in [2.05, 4.69) is 4.89 Å². The zero-order chi connectivity index (χ0) is 15.2. The first kappa shape index (κ1) is 16.9. The third-order valence-electron chi connectivity index (χ3n) is 2.87. The summed E-state index contributed by atoms with van der Waals surface area (Å²) in [6.07, 6.45) is 0.182. The highest BCUT2D eigenvalue weighted by atomic mass is 17.2. The van der Waals surface area contributed by atoms with Crippen LogP contribution >= 0.6 is 0 Å². The monoisotopic (exact) mass is 290 g/mol. The van der Waals surface area contributed by atoms with E-state index in [4.69, 9.17) is 19.5 Å². The summed E-state index contributed by atoms with van der Waals surface area (Å²) in [4.78, 5) is 31.1. The van der Waals surface area contributed by atoms with Crippen LogP contribution in [0.4, 0.5) is 0 Å². The molecule has 1 fully saturated rings. The van der Waals surface area contributed by atoms with E-state index in [1.54, 1.807) is 0 Å². The maximum Gasteiger partial charge on any atom is 0.342 e. The van der Waals surface area contributed by atoms with Crippen molar-refractivity contribution in [1.29, 1.82) is 0 Å². The van der Waals surface area contributed by atoms with Gasteiger partial charge in [-0.05, 0) is 20.3 Å². The van der Waals surface area contributed by atoms with Crippen LogP contribution in [0.3, 0.4) is 0 Å². The van der Waals surface area contributed by atoms with Crippen molar-refractivity contribution in [2.75, 3.05) is 19.8 Å². The maximum absolute atomic E-state index is 11.3. The van der Waals surface area contributed by atoms with E-state index >= 15 is 0 Å². The molecule has 116 valence electrons. The van der Waals surface area contributed by atoms with E-state index in [0.717, 1.165) is 0 Å². The first-order valence-corrected chi connectivity index (χ1v) is 6.54. The van der Waals surface area contributed by atoms with E-state index in [9.17, 15) is 9.59 Å². The molecule has 0 radical (unpaired) electrons. The third kappa shape index (κ3) is 6.31. The number of carbonyl (C=O) groups excluding carboxylic acids is 1. The highest BCUT2D eigenvalue weighted by Gasteiger charge is 2.37. The molecule has 1 aliphatic rings. The van der Waals surface area contributed by atoms with Gasteiger partial charge in [0.2, 0.25) is 0 Å². The molecule has 0 saturated carbocycles. The van der Waals surface area contributed by atoms with Crippen LogP contribution in [0.2, 0.25) is 0 Å². The lowest BCUT2D eigenvalue weighted by molar-refractivity contribution is -0.327. The van der Waals surface area contributed by atoms with Crippen LogP contribution in [0.15, 0.2) is 0 Å². The minimum atomic E-state index is -0.939. The van der Waals surface area contributed by atoms with Gasteiger partial charge in [0.15, 0.2) is 5.79 Å². The van der Waals surface area contributed by atoms with Gasteiger partial charge in [-0.1, -0.05) is 6.92 Å². The fourth-order valence-corrected chi connectivity index (χ4v) is 1.53. The van der Waals surface area contributed by atoms with Crippen LogP contribution in [0, 0.1) is 5.41 Å². The van der Waals surface area contributed by atoms with Crippen LogP contribution in [0.25, 0.3) is 0 Å².